The minimum absolute atomic E-state index is 0.246. The third-order valence-corrected chi connectivity index (χ3v) is 3.77. The maximum Gasteiger partial charge on any atom is 0.110 e. The number of imidazole rings is 1. The highest BCUT2D eigenvalue weighted by Gasteiger charge is 2.07. The van der Waals surface area contributed by atoms with Crippen molar-refractivity contribution in [3.05, 3.63) is 18.2 Å². The predicted octanol–water partition coefficient (Wildman–Crippen LogP) is 3.91. The highest BCUT2D eigenvalue weighted by atomic mass is 15.1. The molecule has 1 rings (SSSR count). The van der Waals surface area contributed by atoms with Crippen molar-refractivity contribution < 1.29 is 0 Å². The van der Waals surface area contributed by atoms with E-state index < -0.39 is 0 Å². The maximum atomic E-state index is 6.00. The molecular weight excluding hydrogens is 234 g/mol. The molecule has 0 amide bonds. The number of aryl methyl sites for hydroxylation is 1. The van der Waals surface area contributed by atoms with Crippen LogP contribution < -0.4 is 5.73 Å². The number of nitrogens with two attached hydrogens (primary N) is 1. The average molecular weight is 265 g/mol. The molecule has 0 aromatic carbocycles. The topological polar surface area (TPSA) is 43.8 Å². The van der Waals surface area contributed by atoms with Crippen LogP contribution in [-0.4, -0.2) is 15.6 Å². The van der Waals surface area contributed by atoms with Gasteiger partial charge in [0.2, 0.25) is 0 Å². The molecule has 0 spiro atoms. The molecule has 2 N–H and O–H groups in total. The number of nitrogens with zero attached hydrogens (tertiary/aromatic N) is 2. The molecule has 3 nitrogen and oxygen atoms in total. The van der Waals surface area contributed by atoms with Crippen LogP contribution in [0, 0.1) is 0 Å². The summed E-state index contributed by atoms with van der Waals surface area (Å²) in [5, 5.41) is 0. The number of unbranched alkanes of at least 4 members (excludes halogenated alkanes) is 6. The molecule has 1 unspecified atom stereocenters. The van der Waals surface area contributed by atoms with E-state index in [1.807, 2.05) is 6.20 Å². The van der Waals surface area contributed by atoms with Crippen LogP contribution in [0.25, 0.3) is 0 Å². The zero-order chi connectivity index (χ0) is 13.9. The molecule has 0 radical (unpaired) electrons. The van der Waals surface area contributed by atoms with Gasteiger partial charge in [0.1, 0.15) is 5.82 Å². The molecular formula is C16H31N3. The standard InChI is InChI=1S/C16H31N3/c1-3-5-6-7-8-9-10-12-19-13-11-18-16(19)14-15(17)4-2/h11,13,15H,3-10,12,14,17H2,1-2H3. The quantitative estimate of drug-likeness (QED) is 0.616. The summed E-state index contributed by atoms with van der Waals surface area (Å²) in [4.78, 5) is 4.43. The Kier molecular flexibility index (Phi) is 8.55. The van der Waals surface area contributed by atoms with Gasteiger partial charge in [0.25, 0.3) is 0 Å². The Morgan fingerprint density at radius 3 is 2.47 bits per heavy atom. The summed E-state index contributed by atoms with van der Waals surface area (Å²) in [6.07, 6.45) is 15.4. The normalized spacial score (nSPS) is 12.8. The Balaban J connectivity index is 2.17. The second kappa shape index (κ2) is 10.0. The van der Waals surface area contributed by atoms with Gasteiger partial charge in [-0.05, 0) is 12.8 Å². The van der Waals surface area contributed by atoms with Gasteiger partial charge in [-0.15, -0.1) is 0 Å². The van der Waals surface area contributed by atoms with Crippen molar-refractivity contribution in [2.24, 2.45) is 5.73 Å². The fraction of sp³-hybridized carbons (Fsp3) is 0.812. The second-order valence-electron chi connectivity index (χ2n) is 5.53. The van der Waals surface area contributed by atoms with Crippen LogP contribution in [0.15, 0.2) is 12.4 Å². The third kappa shape index (κ3) is 6.76. The lowest BCUT2D eigenvalue weighted by atomic mass is 10.1. The van der Waals surface area contributed by atoms with Crippen LogP contribution >= 0.6 is 0 Å². The highest BCUT2D eigenvalue weighted by Crippen LogP contribution is 2.09. The van der Waals surface area contributed by atoms with Crippen LogP contribution in [0.1, 0.15) is 71.0 Å². The van der Waals surface area contributed by atoms with Gasteiger partial charge in [-0.1, -0.05) is 52.4 Å². The molecule has 19 heavy (non-hydrogen) atoms. The molecule has 1 aromatic heterocycles. The Labute approximate surface area is 118 Å². The Morgan fingerprint density at radius 2 is 1.79 bits per heavy atom. The molecule has 0 bridgehead atoms. The van der Waals surface area contributed by atoms with Crippen LogP contribution in [0.2, 0.25) is 0 Å². The fourth-order valence-electron chi connectivity index (χ4n) is 2.35. The predicted molar refractivity (Wildman–Crippen MR) is 82.2 cm³/mol. The van der Waals surface area contributed by atoms with Crippen molar-refractivity contribution in [2.45, 2.75) is 84.2 Å². The van der Waals surface area contributed by atoms with Gasteiger partial charge in [-0.3, -0.25) is 0 Å². The van der Waals surface area contributed by atoms with E-state index >= 15 is 0 Å². The Hall–Kier alpha value is -0.830. The van der Waals surface area contributed by atoms with Crippen LogP contribution in [0.3, 0.4) is 0 Å². The van der Waals surface area contributed by atoms with E-state index in [1.54, 1.807) is 0 Å². The van der Waals surface area contributed by atoms with E-state index in [9.17, 15) is 0 Å². The first-order chi connectivity index (χ1) is 9.27. The Morgan fingerprint density at radius 1 is 1.11 bits per heavy atom. The number of hydrogen-bond acceptors (Lipinski definition) is 2. The Bertz CT molecular complexity index is 320. The van der Waals surface area contributed by atoms with E-state index in [0.29, 0.717) is 0 Å². The van der Waals surface area contributed by atoms with Gasteiger partial charge in [-0.2, -0.15) is 0 Å². The van der Waals surface area contributed by atoms with Crippen LogP contribution in [0.4, 0.5) is 0 Å². The summed E-state index contributed by atoms with van der Waals surface area (Å²) >= 11 is 0. The minimum Gasteiger partial charge on any atom is -0.335 e. The monoisotopic (exact) mass is 265 g/mol. The zero-order valence-electron chi connectivity index (χ0n) is 12.8. The molecule has 1 aromatic rings. The van der Waals surface area contributed by atoms with Gasteiger partial charge in [0.05, 0.1) is 0 Å². The van der Waals surface area contributed by atoms with Crippen LogP contribution in [0.5, 0.6) is 0 Å². The largest absolute Gasteiger partial charge is 0.335 e. The van der Waals surface area contributed by atoms with E-state index in [1.165, 1.54) is 44.9 Å². The molecule has 1 heterocycles. The SMILES string of the molecule is CCCCCCCCCn1ccnc1CC(N)CC. The van der Waals surface area contributed by atoms with Crippen molar-refractivity contribution in [3.8, 4) is 0 Å². The van der Waals surface area contributed by atoms with Crippen molar-refractivity contribution in [3.63, 3.8) is 0 Å². The molecule has 1 atom stereocenters. The molecule has 0 aliphatic rings. The summed E-state index contributed by atoms with van der Waals surface area (Å²) in [6.45, 7) is 5.50. The van der Waals surface area contributed by atoms with Crippen molar-refractivity contribution in [1.82, 2.24) is 9.55 Å². The summed E-state index contributed by atoms with van der Waals surface area (Å²) < 4.78 is 2.28. The number of hydrogen-bond donors (Lipinski definition) is 1. The number of aromatic nitrogens is 2. The summed E-state index contributed by atoms with van der Waals surface area (Å²) in [5.41, 5.74) is 6.00. The molecule has 0 saturated heterocycles. The van der Waals surface area contributed by atoms with Gasteiger partial charge >= 0.3 is 0 Å². The molecule has 3 heteroatoms. The third-order valence-electron chi connectivity index (χ3n) is 3.77. The van der Waals surface area contributed by atoms with Crippen molar-refractivity contribution in [1.29, 1.82) is 0 Å². The maximum absolute atomic E-state index is 6.00. The number of rotatable bonds is 11. The molecule has 0 aliphatic carbocycles. The molecule has 0 fully saturated rings. The van der Waals surface area contributed by atoms with Crippen molar-refractivity contribution >= 4 is 0 Å². The molecule has 0 saturated carbocycles. The van der Waals surface area contributed by atoms with Gasteiger partial charge in [0.15, 0.2) is 0 Å². The lowest BCUT2D eigenvalue weighted by Crippen LogP contribution is -2.23. The first kappa shape index (κ1) is 16.2. The van der Waals surface area contributed by atoms with Crippen molar-refractivity contribution in [2.75, 3.05) is 0 Å². The van der Waals surface area contributed by atoms with Gasteiger partial charge < -0.3 is 10.3 Å². The molecule has 0 aliphatic heterocycles. The lowest BCUT2D eigenvalue weighted by molar-refractivity contribution is 0.526. The summed E-state index contributed by atoms with van der Waals surface area (Å²) in [5.74, 6) is 1.15. The smallest absolute Gasteiger partial charge is 0.110 e. The second-order valence-corrected chi connectivity index (χ2v) is 5.53. The first-order valence-electron chi connectivity index (χ1n) is 8.03. The van der Waals surface area contributed by atoms with E-state index in [0.717, 1.165) is 25.2 Å². The summed E-state index contributed by atoms with van der Waals surface area (Å²) in [6, 6.07) is 0.246. The molecule has 110 valence electrons. The average Bonchev–Trinajstić information content (AvgIpc) is 2.85. The van der Waals surface area contributed by atoms with E-state index in [4.69, 9.17) is 5.73 Å². The zero-order valence-corrected chi connectivity index (χ0v) is 12.8. The first-order valence-corrected chi connectivity index (χ1v) is 8.03. The summed E-state index contributed by atoms with van der Waals surface area (Å²) in [7, 11) is 0. The lowest BCUT2D eigenvalue weighted by Gasteiger charge is -2.11. The van der Waals surface area contributed by atoms with Gasteiger partial charge in [-0.25, -0.2) is 4.98 Å². The minimum atomic E-state index is 0.246. The van der Waals surface area contributed by atoms with Crippen LogP contribution in [-0.2, 0) is 13.0 Å². The van der Waals surface area contributed by atoms with E-state index in [2.05, 4.69) is 29.6 Å². The fourth-order valence-corrected chi connectivity index (χ4v) is 2.35. The highest BCUT2D eigenvalue weighted by molar-refractivity contribution is 4.94. The van der Waals surface area contributed by atoms with Gasteiger partial charge in [0, 0.05) is 31.4 Å². The van der Waals surface area contributed by atoms with E-state index in [-0.39, 0.29) is 6.04 Å².